The average molecular weight is 324 g/mol. The van der Waals surface area contributed by atoms with Crippen LogP contribution in [0.1, 0.15) is 22.8 Å². The van der Waals surface area contributed by atoms with Crippen molar-refractivity contribution in [1.82, 2.24) is 14.5 Å². The van der Waals surface area contributed by atoms with Crippen LogP contribution in [-0.2, 0) is 6.54 Å². The summed E-state index contributed by atoms with van der Waals surface area (Å²) in [5.74, 6) is 0.0982. The molecule has 0 aliphatic rings. The third kappa shape index (κ3) is 2.83. The smallest absolute Gasteiger partial charge is 0.316 e. The molecule has 1 amide bonds. The highest BCUT2D eigenvalue weighted by molar-refractivity contribution is 6.05. The summed E-state index contributed by atoms with van der Waals surface area (Å²) in [6.07, 6.45) is 1.66. The standard InChI is InChI=1S/C17H16N4O3/c1-3-21-13-6-5-11(8-12(13)19-16(23)17(21)24)15(22)20-14-7-4-10(2)9-18-14/h4-9H,3H2,1-2H3,(H,19,23)(H,18,20,22). The van der Waals surface area contributed by atoms with Gasteiger partial charge in [0.25, 0.3) is 5.91 Å². The maximum absolute atomic E-state index is 12.3. The van der Waals surface area contributed by atoms with Gasteiger partial charge in [-0.1, -0.05) is 6.07 Å². The van der Waals surface area contributed by atoms with Gasteiger partial charge in [-0.05, 0) is 43.7 Å². The fourth-order valence-corrected chi connectivity index (χ4v) is 2.46. The summed E-state index contributed by atoms with van der Waals surface area (Å²) in [6.45, 7) is 4.06. The van der Waals surface area contributed by atoms with Gasteiger partial charge in [-0.25, -0.2) is 4.98 Å². The topological polar surface area (TPSA) is 96.9 Å². The first-order valence-electron chi connectivity index (χ1n) is 7.50. The first-order chi connectivity index (χ1) is 11.5. The van der Waals surface area contributed by atoms with Gasteiger partial charge >= 0.3 is 11.1 Å². The molecule has 0 atom stereocenters. The van der Waals surface area contributed by atoms with Crippen molar-refractivity contribution in [3.8, 4) is 0 Å². The van der Waals surface area contributed by atoms with E-state index in [1.54, 1.807) is 37.4 Å². The molecule has 0 bridgehead atoms. The second-order valence-electron chi connectivity index (χ2n) is 5.41. The number of rotatable bonds is 3. The minimum atomic E-state index is -0.706. The van der Waals surface area contributed by atoms with Crippen LogP contribution in [0.15, 0.2) is 46.1 Å². The molecule has 0 aliphatic heterocycles. The molecule has 2 N–H and O–H groups in total. The zero-order valence-electron chi connectivity index (χ0n) is 13.3. The van der Waals surface area contributed by atoms with Gasteiger partial charge in [0.2, 0.25) is 0 Å². The Labute approximate surface area is 137 Å². The number of aromatic amines is 1. The Hall–Kier alpha value is -3.22. The molecule has 1 aromatic carbocycles. The van der Waals surface area contributed by atoms with E-state index in [1.807, 2.05) is 13.0 Å². The Morgan fingerprint density at radius 2 is 2.04 bits per heavy atom. The summed E-state index contributed by atoms with van der Waals surface area (Å²) in [7, 11) is 0. The van der Waals surface area contributed by atoms with Crippen molar-refractivity contribution in [2.45, 2.75) is 20.4 Å². The monoisotopic (exact) mass is 324 g/mol. The van der Waals surface area contributed by atoms with Crippen LogP contribution in [0, 0.1) is 6.92 Å². The highest BCUT2D eigenvalue weighted by atomic mass is 16.2. The molecule has 2 aromatic heterocycles. The van der Waals surface area contributed by atoms with Gasteiger partial charge in [-0.15, -0.1) is 0 Å². The molecule has 2 heterocycles. The number of pyridine rings is 1. The summed E-state index contributed by atoms with van der Waals surface area (Å²) < 4.78 is 1.37. The molecule has 3 aromatic rings. The molecular formula is C17H16N4O3. The van der Waals surface area contributed by atoms with Gasteiger partial charge in [0.1, 0.15) is 5.82 Å². The van der Waals surface area contributed by atoms with Crippen molar-refractivity contribution < 1.29 is 4.79 Å². The second kappa shape index (κ2) is 6.11. The van der Waals surface area contributed by atoms with Crippen molar-refractivity contribution in [3.63, 3.8) is 0 Å². The maximum Gasteiger partial charge on any atom is 0.316 e. The third-order valence-corrected chi connectivity index (χ3v) is 3.71. The van der Waals surface area contributed by atoms with Gasteiger partial charge in [-0.3, -0.25) is 14.4 Å². The van der Waals surface area contributed by atoms with Crippen LogP contribution >= 0.6 is 0 Å². The summed E-state index contributed by atoms with van der Waals surface area (Å²) in [6, 6.07) is 8.36. The summed E-state index contributed by atoms with van der Waals surface area (Å²) in [4.78, 5) is 42.5. The van der Waals surface area contributed by atoms with Gasteiger partial charge in [-0.2, -0.15) is 0 Å². The quantitative estimate of drug-likeness (QED) is 0.716. The zero-order chi connectivity index (χ0) is 17.3. The summed E-state index contributed by atoms with van der Waals surface area (Å²) in [5.41, 5.74) is 1.06. The Bertz CT molecular complexity index is 1030. The molecule has 7 nitrogen and oxygen atoms in total. The Morgan fingerprint density at radius 3 is 2.71 bits per heavy atom. The van der Waals surface area contributed by atoms with Crippen molar-refractivity contribution in [2.24, 2.45) is 0 Å². The number of aryl methyl sites for hydroxylation is 2. The van der Waals surface area contributed by atoms with Crippen LogP contribution in [0.3, 0.4) is 0 Å². The number of hydrogen-bond acceptors (Lipinski definition) is 4. The predicted molar refractivity (Wildman–Crippen MR) is 91.4 cm³/mol. The molecule has 3 rings (SSSR count). The van der Waals surface area contributed by atoms with Crippen molar-refractivity contribution >= 4 is 22.8 Å². The Kier molecular flexibility index (Phi) is 3.99. The van der Waals surface area contributed by atoms with Gasteiger partial charge in [0.15, 0.2) is 0 Å². The fourth-order valence-electron chi connectivity index (χ4n) is 2.46. The lowest BCUT2D eigenvalue weighted by atomic mass is 10.1. The minimum absolute atomic E-state index is 0.344. The molecule has 24 heavy (non-hydrogen) atoms. The number of nitrogens with zero attached hydrogens (tertiary/aromatic N) is 2. The van der Waals surface area contributed by atoms with E-state index in [-0.39, 0.29) is 5.91 Å². The zero-order valence-corrected chi connectivity index (χ0v) is 13.3. The number of carbonyl (C=O) groups is 1. The first kappa shape index (κ1) is 15.7. The average Bonchev–Trinajstić information content (AvgIpc) is 2.57. The van der Waals surface area contributed by atoms with E-state index < -0.39 is 11.1 Å². The van der Waals surface area contributed by atoms with Crippen molar-refractivity contribution in [1.29, 1.82) is 0 Å². The van der Waals surface area contributed by atoms with E-state index in [0.29, 0.717) is 29.0 Å². The molecular weight excluding hydrogens is 308 g/mol. The van der Waals surface area contributed by atoms with Gasteiger partial charge in [0, 0.05) is 18.3 Å². The van der Waals surface area contributed by atoms with Crippen LogP contribution in [0.2, 0.25) is 0 Å². The van der Waals surface area contributed by atoms with Crippen LogP contribution in [-0.4, -0.2) is 20.4 Å². The molecule has 0 fully saturated rings. The number of benzene rings is 1. The molecule has 0 aliphatic carbocycles. The van der Waals surface area contributed by atoms with Crippen LogP contribution in [0.4, 0.5) is 5.82 Å². The highest BCUT2D eigenvalue weighted by Crippen LogP contribution is 2.13. The van der Waals surface area contributed by atoms with E-state index in [4.69, 9.17) is 0 Å². The minimum Gasteiger partial charge on any atom is -0.316 e. The van der Waals surface area contributed by atoms with E-state index >= 15 is 0 Å². The predicted octanol–water partition coefficient (Wildman–Crippen LogP) is 1.67. The molecule has 7 heteroatoms. The first-order valence-corrected chi connectivity index (χ1v) is 7.50. The maximum atomic E-state index is 12.3. The largest absolute Gasteiger partial charge is 0.316 e. The lowest BCUT2D eigenvalue weighted by Gasteiger charge is -2.09. The van der Waals surface area contributed by atoms with E-state index in [0.717, 1.165) is 5.56 Å². The number of carbonyl (C=O) groups excluding carboxylic acids is 1. The van der Waals surface area contributed by atoms with Crippen LogP contribution in [0.5, 0.6) is 0 Å². The van der Waals surface area contributed by atoms with Crippen LogP contribution in [0.25, 0.3) is 11.0 Å². The molecule has 0 spiro atoms. The van der Waals surface area contributed by atoms with Crippen LogP contribution < -0.4 is 16.4 Å². The Balaban J connectivity index is 2.00. The summed E-state index contributed by atoms with van der Waals surface area (Å²) >= 11 is 0. The Morgan fingerprint density at radius 1 is 1.25 bits per heavy atom. The SMILES string of the molecule is CCn1c(=O)c(=O)[nH]c2cc(C(=O)Nc3ccc(C)cn3)ccc21. The van der Waals surface area contributed by atoms with Gasteiger partial charge < -0.3 is 14.9 Å². The van der Waals surface area contributed by atoms with Crippen molar-refractivity contribution in [3.05, 3.63) is 68.4 Å². The summed E-state index contributed by atoms with van der Waals surface area (Å²) in [5, 5.41) is 2.69. The number of H-pyrrole nitrogens is 1. The molecule has 122 valence electrons. The molecule has 0 radical (unpaired) electrons. The van der Waals surface area contributed by atoms with E-state index in [2.05, 4.69) is 15.3 Å². The number of nitrogens with one attached hydrogen (secondary N) is 2. The lowest BCUT2D eigenvalue weighted by Crippen LogP contribution is -2.36. The van der Waals surface area contributed by atoms with Gasteiger partial charge in [0.05, 0.1) is 11.0 Å². The number of amides is 1. The highest BCUT2D eigenvalue weighted by Gasteiger charge is 2.11. The fraction of sp³-hybridized carbons (Fsp3) is 0.176. The number of aromatic nitrogens is 3. The lowest BCUT2D eigenvalue weighted by molar-refractivity contribution is 0.102. The molecule has 0 saturated carbocycles. The number of fused-ring (bicyclic) bond motifs is 1. The third-order valence-electron chi connectivity index (χ3n) is 3.71. The molecule has 0 saturated heterocycles. The number of hydrogen-bond donors (Lipinski definition) is 2. The van der Waals surface area contributed by atoms with E-state index in [9.17, 15) is 14.4 Å². The van der Waals surface area contributed by atoms with E-state index in [1.165, 1.54) is 4.57 Å². The molecule has 0 unspecified atom stereocenters. The van der Waals surface area contributed by atoms with Crippen molar-refractivity contribution in [2.75, 3.05) is 5.32 Å². The normalized spacial score (nSPS) is 10.8. The second-order valence-corrected chi connectivity index (χ2v) is 5.41. The number of anilines is 1.